The fraction of sp³-hybridized carbons (Fsp3) is 0.233. The van der Waals surface area contributed by atoms with Gasteiger partial charge in [-0.25, -0.2) is 9.78 Å². The second-order valence-corrected chi connectivity index (χ2v) is 10.5. The number of aromatic nitrogens is 1. The fourth-order valence-electron chi connectivity index (χ4n) is 4.60. The number of carboxylic acid groups (broad SMARTS) is 1. The summed E-state index contributed by atoms with van der Waals surface area (Å²) in [5.41, 5.74) is 4.19. The van der Waals surface area contributed by atoms with E-state index in [1.54, 1.807) is 24.3 Å². The van der Waals surface area contributed by atoms with E-state index in [-0.39, 0.29) is 23.6 Å². The van der Waals surface area contributed by atoms with E-state index < -0.39 is 5.97 Å². The maximum atomic E-state index is 11.2. The Labute approximate surface area is 236 Å². The predicted octanol–water partition coefficient (Wildman–Crippen LogP) is 7.42. The van der Waals surface area contributed by atoms with Gasteiger partial charge >= 0.3 is 5.97 Å². The zero-order valence-electron chi connectivity index (χ0n) is 21.4. The first-order valence-corrected chi connectivity index (χ1v) is 13.3. The normalized spacial score (nSPS) is 16.7. The van der Waals surface area contributed by atoms with Crippen molar-refractivity contribution >= 4 is 51.5 Å². The zero-order chi connectivity index (χ0) is 27.5. The molecule has 0 aliphatic carbocycles. The number of benzene rings is 3. The van der Waals surface area contributed by atoms with Gasteiger partial charge in [-0.3, -0.25) is 0 Å². The van der Waals surface area contributed by atoms with Crippen molar-refractivity contribution < 1.29 is 19.5 Å². The van der Waals surface area contributed by atoms with Crippen LogP contribution in [0.5, 0.6) is 5.75 Å². The smallest absolute Gasteiger partial charge is 0.354 e. The first kappa shape index (κ1) is 26.8. The van der Waals surface area contributed by atoms with Crippen molar-refractivity contribution in [1.82, 2.24) is 4.98 Å². The minimum absolute atomic E-state index is 0.0285. The molecule has 4 aromatic rings. The average molecular weight is 564 g/mol. The fourth-order valence-corrected chi connectivity index (χ4v) is 5.13. The van der Waals surface area contributed by atoms with Gasteiger partial charge in [-0.2, -0.15) is 0 Å². The maximum Gasteiger partial charge on any atom is 0.354 e. The summed E-state index contributed by atoms with van der Waals surface area (Å²) in [5.74, 6) is -0.0921. The number of carbonyl (C=O) groups is 1. The standard InChI is InChI=1S/C30H27Cl2N3O4/c1-17(2)29-22(27(35-39-29)15-33-28-23(31)4-3-5-24(28)32)16-38-21-10-6-18(7-11-21)19-8-12-25-20(14-19)9-13-26(34-25)30(36)37/h3-14,17,22,29,33H,15-16H2,1-2H3,(H,36,37). The summed E-state index contributed by atoms with van der Waals surface area (Å²) in [7, 11) is 0. The quantitative estimate of drug-likeness (QED) is 0.220. The molecule has 2 N–H and O–H groups in total. The largest absolute Gasteiger partial charge is 0.493 e. The van der Waals surface area contributed by atoms with Crippen LogP contribution in [0.3, 0.4) is 0 Å². The number of nitrogens with one attached hydrogen (secondary N) is 1. The van der Waals surface area contributed by atoms with Gasteiger partial charge in [0.25, 0.3) is 0 Å². The van der Waals surface area contributed by atoms with Crippen LogP contribution in [0.15, 0.2) is 78.0 Å². The molecule has 2 atom stereocenters. The van der Waals surface area contributed by atoms with Crippen LogP contribution in [0.1, 0.15) is 24.3 Å². The van der Waals surface area contributed by atoms with E-state index in [2.05, 4.69) is 29.3 Å². The number of halogens is 2. The van der Waals surface area contributed by atoms with Gasteiger partial charge < -0.3 is 20.0 Å². The first-order chi connectivity index (χ1) is 18.8. The zero-order valence-corrected chi connectivity index (χ0v) is 22.9. The Hall–Kier alpha value is -3.81. The lowest BCUT2D eigenvalue weighted by atomic mass is 9.90. The number of para-hydroxylation sites is 1. The molecule has 200 valence electrons. The third-order valence-corrected chi connectivity index (χ3v) is 7.34. The molecule has 1 aliphatic heterocycles. The minimum atomic E-state index is -1.04. The van der Waals surface area contributed by atoms with E-state index in [1.165, 1.54) is 6.07 Å². The van der Waals surface area contributed by atoms with Crippen LogP contribution in [-0.4, -0.2) is 41.0 Å². The summed E-state index contributed by atoms with van der Waals surface area (Å²) >= 11 is 12.6. The molecule has 1 aromatic heterocycles. The van der Waals surface area contributed by atoms with Crippen molar-refractivity contribution in [3.8, 4) is 16.9 Å². The summed E-state index contributed by atoms with van der Waals surface area (Å²) in [6.07, 6.45) is -0.101. The van der Waals surface area contributed by atoms with E-state index >= 15 is 0 Å². The number of oxime groups is 1. The Kier molecular flexibility index (Phi) is 7.91. The van der Waals surface area contributed by atoms with Gasteiger partial charge in [0.05, 0.1) is 39.4 Å². The molecule has 2 unspecified atom stereocenters. The Morgan fingerprint density at radius 1 is 1.03 bits per heavy atom. The topological polar surface area (TPSA) is 93.0 Å². The Morgan fingerprint density at radius 3 is 2.44 bits per heavy atom. The monoisotopic (exact) mass is 563 g/mol. The number of carboxylic acids is 1. The molecule has 0 spiro atoms. The van der Waals surface area contributed by atoms with Gasteiger partial charge in [0.15, 0.2) is 0 Å². The van der Waals surface area contributed by atoms with Gasteiger partial charge in [0, 0.05) is 5.39 Å². The number of aromatic carboxylic acids is 1. The SMILES string of the molecule is CC(C)C1ON=C(CNc2c(Cl)cccc2Cl)C1COc1ccc(-c2ccc3nc(C(=O)O)ccc3c2)cc1. The molecular weight excluding hydrogens is 537 g/mol. The highest BCUT2D eigenvalue weighted by atomic mass is 35.5. The van der Waals surface area contributed by atoms with Gasteiger partial charge in [-0.15, -0.1) is 0 Å². The molecule has 7 nitrogen and oxygen atoms in total. The van der Waals surface area contributed by atoms with Crippen LogP contribution in [0.4, 0.5) is 5.69 Å². The van der Waals surface area contributed by atoms with E-state index in [9.17, 15) is 4.79 Å². The van der Waals surface area contributed by atoms with Crippen molar-refractivity contribution in [1.29, 1.82) is 0 Å². The Bertz CT molecular complexity index is 1520. The third kappa shape index (κ3) is 5.95. The molecule has 9 heteroatoms. The van der Waals surface area contributed by atoms with Crippen LogP contribution in [0, 0.1) is 11.8 Å². The van der Waals surface area contributed by atoms with Gasteiger partial charge in [-0.1, -0.05) is 72.5 Å². The second-order valence-electron chi connectivity index (χ2n) is 9.70. The van der Waals surface area contributed by atoms with Gasteiger partial charge in [0.1, 0.15) is 24.2 Å². The number of nitrogens with zero attached hydrogens (tertiary/aromatic N) is 2. The maximum absolute atomic E-state index is 11.2. The first-order valence-electron chi connectivity index (χ1n) is 12.6. The molecule has 0 bridgehead atoms. The molecule has 0 saturated carbocycles. The number of hydrogen-bond acceptors (Lipinski definition) is 6. The minimum Gasteiger partial charge on any atom is -0.493 e. The van der Waals surface area contributed by atoms with E-state index in [0.29, 0.717) is 34.4 Å². The highest BCUT2D eigenvalue weighted by Gasteiger charge is 2.36. The molecule has 0 radical (unpaired) electrons. The van der Waals surface area contributed by atoms with Crippen molar-refractivity contribution in [3.05, 3.63) is 88.5 Å². The lowest BCUT2D eigenvalue weighted by Crippen LogP contribution is -2.35. The molecule has 3 aromatic carbocycles. The summed E-state index contributed by atoms with van der Waals surface area (Å²) in [6.45, 7) is 5.05. The number of fused-ring (bicyclic) bond motifs is 1. The lowest BCUT2D eigenvalue weighted by molar-refractivity contribution is 0.0178. The van der Waals surface area contributed by atoms with Crippen LogP contribution in [0.2, 0.25) is 10.0 Å². The highest BCUT2D eigenvalue weighted by molar-refractivity contribution is 6.39. The summed E-state index contributed by atoms with van der Waals surface area (Å²) in [6, 6.07) is 22.3. The highest BCUT2D eigenvalue weighted by Crippen LogP contribution is 2.32. The van der Waals surface area contributed by atoms with Crippen molar-refractivity contribution in [2.75, 3.05) is 18.5 Å². The van der Waals surface area contributed by atoms with E-state index in [4.69, 9.17) is 37.9 Å². The molecule has 0 fully saturated rings. The number of hydrogen-bond donors (Lipinski definition) is 2. The summed E-state index contributed by atoms with van der Waals surface area (Å²) < 4.78 is 6.19. The molecule has 1 aliphatic rings. The van der Waals surface area contributed by atoms with Crippen molar-refractivity contribution in [2.45, 2.75) is 20.0 Å². The number of anilines is 1. The second kappa shape index (κ2) is 11.5. The van der Waals surface area contributed by atoms with Crippen LogP contribution in [0.25, 0.3) is 22.0 Å². The number of ether oxygens (including phenoxy) is 1. The number of pyridine rings is 1. The Balaban J connectivity index is 1.26. The molecule has 0 amide bonds. The average Bonchev–Trinajstić information content (AvgIpc) is 3.34. The third-order valence-electron chi connectivity index (χ3n) is 6.71. The molecule has 2 heterocycles. The predicted molar refractivity (Wildman–Crippen MR) is 155 cm³/mol. The summed E-state index contributed by atoms with van der Waals surface area (Å²) in [5, 5.41) is 18.8. The van der Waals surface area contributed by atoms with Gasteiger partial charge in [0.2, 0.25) is 0 Å². The number of rotatable bonds is 9. The lowest BCUT2D eigenvalue weighted by Gasteiger charge is -2.22. The van der Waals surface area contributed by atoms with Gasteiger partial charge in [-0.05, 0) is 59.5 Å². The molecule has 39 heavy (non-hydrogen) atoms. The Morgan fingerprint density at radius 2 is 1.74 bits per heavy atom. The van der Waals surface area contributed by atoms with Crippen LogP contribution < -0.4 is 10.1 Å². The van der Waals surface area contributed by atoms with E-state index in [0.717, 1.165) is 28.0 Å². The molecule has 0 saturated heterocycles. The van der Waals surface area contributed by atoms with Crippen LogP contribution in [-0.2, 0) is 4.84 Å². The van der Waals surface area contributed by atoms with Crippen molar-refractivity contribution in [3.63, 3.8) is 0 Å². The van der Waals surface area contributed by atoms with E-state index in [1.807, 2.05) is 42.5 Å². The van der Waals surface area contributed by atoms with Crippen LogP contribution >= 0.6 is 23.2 Å². The molecular formula is C30H27Cl2N3O4. The van der Waals surface area contributed by atoms with Crippen molar-refractivity contribution in [2.24, 2.45) is 17.0 Å². The molecule has 5 rings (SSSR count). The summed E-state index contributed by atoms with van der Waals surface area (Å²) in [4.78, 5) is 21.2.